The monoisotopic (exact) mass is 334 g/mol. The van der Waals surface area contributed by atoms with Crippen LogP contribution in [0.5, 0.6) is 0 Å². The highest BCUT2D eigenvalue weighted by Gasteiger charge is 2.36. The molecule has 0 aliphatic carbocycles. The molecule has 1 aromatic rings. The lowest BCUT2D eigenvalue weighted by atomic mass is 9.93. The summed E-state index contributed by atoms with van der Waals surface area (Å²) >= 11 is 0. The van der Waals surface area contributed by atoms with E-state index in [1.807, 2.05) is 6.92 Å². The second-order valence-electron chi connectivity index (χ2n) is 6.15. The van der Waals surface area contributed by atoms with Gasteiger partial charge in [-0.1, -0.05) is 0 Å². The normalized spacial score (nSPS) is 18.9. The topological polar surface area (TPSA) is 41.0 Å². The number of aryl methyl sites for hydroxylation is 2. The van der Waals surface area contributed by atoms with E-state index in [9.17, 15) is 17.6 Å². The van der Waals surface area contributed by atoms with Gasteiger partial charge in [0.25, 0.3) is 0 Å². The molecule has 130 valence electrons. The summed E-state index contributed by atoms with van der Waals surface area (Å²) in [6.45, 7) is 4.34. The van der Waals surface area contributed by atoms with Crippen molar-refractivity contribution in [1.82, 2.24) is 14.9 Å². The van der Waals surface area contributed by atoms with Gasteiger partial charge in [-0.2, -0.15) is 13.2 Å². The van der Waals surface area contributed by atoms with E-state index >= 15 is 0 Å². The van der Waals surface area contributed by atoms with Crippen molar-refractivity contribution < 1.29 is 17.6 Å². The highest BCUT2D eigenvalue weighted by Crippen LogP contribution is 2.28. The fraction of sp³-hybridized carbons (Fsp3) is 0.733. The molecule has 1 saturated heterocycles. The second kappa shape index (κ2) is 6.98. The van der Waals surface area contributed by atoms with Gasteiger partial charge in [-0.3, -0.25) is 0 Å². The van der Waals surface area contributed by atoms with Crippen LogP contribution in [0.4, 0.5) is 23.4 Å². The molecule has 1 N–H and O–H groups in total. The summed E-state index contributed by atoms with van der Waals surface area (Å²) in [5.74, 6) is 1.19. The van der Waals surface area contributed by atoms with Crippen LogP contribution in [0, 0.1) is 13.8 Å². The summed E-state index contributed by atoms with van der Waals surface area (Å²) in [6, 6.07) is 1.74. The minimum Gasteiger partial charge on any atom is -0.367 e. The molecule has 0 aromatic carbocycles. The third-order valence-electron chi connectivity index (χ3n) is 4.02. The Bertz CT molecular complexity index is 504. The van der Waals surface area contributed by atoms with Crippen LogP contribution in [0.2, 0.25) is 0 Å². The van der Waals surface area contributed by atoms with Crippen molar-refractivity contribution in [1.29, 1.82) is 0 Å². The highest BCUT2D eigenvalue weighted by molar-refractivity contribution is 5.36. The van der Waals surface area contributed by atoms with Crippen molar-refractivity contribution in [2.45, 2.75) is 45.0 Å². The van der Waals surface area contributed by atoms with Crippen LogP contribution in [-0.2, 0) is 0 Å². The van der Waals surface area contributed by atoms with Gasteiger partial charge in [0, 0.05) is 31.4 Å². The van der Waals surface area contributed by atoms with Crippen molar-refractivity contribution >= 4 is 5.82 Å². The first kappa shape index (κ1) is 17.9. The van der Waals surface area contributed by atoms with Crippen LogP contribution in [-0.4, -0.2) is 52.9 Å². The molecule has 0 bridgehead atoms. The van der Waals surface area contributed by atoms with Gasteiger partial charge in [-0.25, -0.2) is 14.4 Å². The molecule has 2 rings (SSSR count). The quantitative estimate of drug-likeness (QED) is 0.839. The Balaban J connectivity index is 1.80. The zero-order valence-corrected chi connectivity index (χ0v) is 13.4. The van der Waals surface area contributed by atoms with Gasteiger partial charge in [-0.15, -0.1) is 0 Å². The molecule has 2 heterocycles. The van der Waals surface area contributed by atoms with Gasteiger partial charge < -0.3 is 10.2 Å². The lowest BCUT2D eigenvalue weighted by Crippen LogP contribution is -2.46. The SMILES string of the molecule is Cc1cc(NCC2(F)CCN(CCC(F)(F)F)CC2)nc(C)n1. The van der Waals surface area contributed by atoms with Gasteiger partial charge in [-0.05, 0) is 26.7 Å². The average molecular weight is 334 g/mol. The van der Waals surface area contributed by atoms with E-state index in [1.165, 1.54) is 0 Å². The van der Waals surface area contributed by atoms with Crippen LogP contribution in [0.1, 0.15) is 30.8 Å². The Morgan fingerprint density at radius 2 is 1.87 bits per heavy atom. The maximum atomic E-state index is 14.8. The Labute approximate surface area is 133 Å². The van der Waals surface area contributed by atoms with Crippen molar-refractivity contribution in [3.63, 3.8) is 0 Å². The summed E-state index contributed by atoms with van der Waals surface area (Å²) in [4.78, 5) is 10.0. The molecule has 0 amide bonds. The molecule has 1 aliphatic heterocycles. The molecular formula is C15H22F4N4. The van der Waals surface area contributed by atoms with E-state index in [0.29, 0.717) is 24.7 Å². The van der Waals surface area contributed by atoms with Crippen LogP contribution in [0.25, 0.3) is 0 Å². The number of hydrogen-bond acceptors (Lipinski definition) is 4. The van der Waals surface area contributed by atoms with Gasteiger partial charge in [0.1, 0.15) is 17.3 Å². The molecular weight excluding hydrogens is 312 g/mol. The van der Waals surface area contributed by atoms with Crippen molar-refractivity contribution in [3.05, 3.63) is 17.6 Å². The Kier molecular flexibility index (Phi) is 5.44. The van der Waals surface area contributed by atoms with Crippen molar-refractivity contribution in [3.8, 4) is 0 Å². The van der Waals surface area contributed by atoms with E-state index in [0.717, 1.165) is 5.69 Å². The van der Waals surface area contributed by atoms with E-state index in [4.69, 9.17) is 0 Å². The molecule has 0 spiro atoms. The van der Waals surface area contributed by atoms with Gasteiger partial charge >= 0.3 is 6.18 Å². The summed E-state index contributed by atoms with van der Waals surface area (Å²) in [5.41, 5.74) is -0.614. The Morgan fingerprint density at radius 1 is 1.22 bits per heavy atom. The summed E-state index contributed by atoms with van der Waals surface area (Å²) in [7, 11) is 0. The molecule has 1 fully saturated rings. The highest BCUT2D eigenvalue weighted by atomic mass is 19.4. The van der Waals surface area contributed by atoms with Crippen LogP contribution in [0.15, 0.2) is 6.07 Å². The van der Waals surface area contributed by atoms with E-state index < -0.39 is 18.3 Å². The van der Waals surface area contributed by atoms with E-state index in [-0.39, 0.29) is 25.9 Å². The number of halogens is 4. The fourth-order valence-electron chi connectivity index (χ4n) is 2.70. The average Bonchev–Trinajstić information content (AvgIpc) is 2.43. The predicted molar refractivity (Wildman–Crippen MR) is 80.2 cm³/mol. The first-order chi connectivity index (χ1) is 10.7. The second-order valence-corrected chi connectivity index (χ2v) is 6.15. The lowest BCUT2D eigenvalue weighted by molar-refractivity contribution is -0.139. The van der Waals surface area contributed by atoms with Gasteiger partial charge in [0.15, 0.2) is 0 Å². The molecule has 1 aliphatic rings. The molecule has 4 nitrogen and oxygen atoms in total. The zero-order chi connectivity index (χ0) is 17.1. The van der Waals surface area contributed by atoms with Crippen molar-refractivity contribution in [2.24, 2.45) is 0 Å². The minimum atomic E-state index is -4.16. The molecule has 0 unspecified atom stereocenters. The predicted octanol–water partition coefficient (Wildman–Crippen LogP) is 3.26. The summed E-state index contributed by atoms with van der Waals surface area (Å²) in [6.07, 6.45) is -4.56. The fourth-order valence-corrected chi connectivity index (χ4v) is 2.70. The third kappa shape index (κ3) is 5.93. The number of rotatable bonds is 5. The number of likely N-dealkylation sites (tertiary alicyclic amines) is 1. The maximum Gasteiger partial charge on any atom is 0.390 e. The largest absolute Gasteiger partial charge is 0.390 e. The molecule has 0 radical (unpaired) electrons. The molecule has 8 heteroatoms. The number of aromatic nitrogens is 2. The molecule has 0 saturated carbocycles. The van der Waals surface area contributed by atoms with Crippen molar-refractivity contribution in [2.75, 3.05) is 31.5 Å². The Hall–Kier alpha value is -1.44. The van der Waals surface area contributed by atoms with Gasteiger partial charge in [0.2, 0.25) is 0 Å². The number of hydrogen-bond donors (Lipinski definition) is 1. The van der Waals surface area contributed by atoms with E-state index in [2.05, 4.69) is 15.3 Å². The number of alkyl halides is 4. The smallest absolute Gasteiger partial charge is 0.367 e. The van der Waals surface area contributed by atoms with E-state index in [1.54, 1.807) is 17.9 Å². The molecule has 23 heavy (non-hydrogen) atoms. The number of nitrogens with zero attached hydrogens (tertiary/aromatic N) is 3. The number of piperidine rings is 1. The lowest BCUT2D eigenvalue weighted by Gasteiger charge is -2.36. The Morgan fingerprint density at radius 3 is 2.43 bits per heavy atom. The number of nitrogens with one attached hydrogen (secondary N) is 1. The first-order valence-corrected chi connectivity index (χ1v) is 7.69. The molecule has 1 aromatic heterocycles. The molecule has 0 atom stereocenters. The van der Waals surface area contributed by atoms with Crippen LogP contribution < -0.4 is 5.32 Å². The first-order valence-electron chi connectivity index (χ1n) is 7.69. The third-order valence-corrected chi connectivity index (χ3v) is 4.02. The zero-order valence-electron chi connectivity index (χ0n) is 13.4. The van der Waals surface area contributed by atoms with Gasteiger partial charge in [0.05, 0.1) is 13.0 Å². The summed E-state index contributed by atoms with van der Waals surface area (Å²) in [5, 5.41) is 2.98. The minimum absolute atomic E-state index is 0.0582. The summed E-state index contributed by atoms with van der Waals surface area (Å²) < 4.78 is 51.4. The number of anilines is 1. The van der Waals surface area contributed by atoms with Crippen LogP contribution >= 0.6 is 0 Å². The maximum absolute atomic E-state index is 14.8. The standard InChI is InChI=1S/C15H22F4N4/c1-11-9-13(22-12(2)21-11)20-10-14(16)3-6-23(7-4-14)8-5-15(17,18)19/h9H,3-8,10H2,1-2H3,(H,20,21,22). The van der Waals surface area contributed by atoms with Crippen LogP contribution in [0.3, 0.4) is 0 Å².